The highest BCUT2D eigenvalue weighted by Gasteiger charge is 2.41. The molecule has 0 saturated carbocycles. The van der Waals surface area contributed by atoms with Crippen molar-refractivity contribution in [2.75, 3.05) is 6.61 Å². The number of benzene rings is 1. The van der Waals surface area contributed by atoms with Gasteiger partial charge in [-0.15, -0.1) is 0 Å². The van der Waals surface area contributed by atoms with Gasteiger partial charge in [0.2, 0.25) is 0 Å². The summed E-state index contributed by atoms with van der Waals surface area (Å²) >= 11 is 0. The molecule has 1 aromatic rings. The van der Waals surface area contributed by atoms with Crippen LogP contribution in [-0.2, 0) is 14.3 Å². The topological polar surface area (TPSA) is 95.7 Å². The second kappa shape index (κ2) is 7.03. The second-order valence-corrected chi connectivity index (χ2v) is 4.20. The smallest absolute Gasteiger partial charge is 0.457 e. The number of hydrogen-bond donors (Lipinski definition) is 1. The molecule has 0 heterocycles. The van der Waals surface area contributed by atoms with Crippen LogP contribution >= 0.6 is 0 Å². The zero-order chi connectivity index (χ0) is 16.9. The predicted octanol–water partition coefficient (Wildman–Crippen LogP) is 1.23. The summed E-state index contributed by atoms with van der Waals surface area (Å²) in [5.41, 5.74) is 5.65. The molecule has 9 heteroatoms. The fourth-order valence-electron chi connectivity index (χ4n) is 1.26. The molecule has 0 aliphatic rings. The van der Waals surface area contributed by atoms with Crippen molar-refractivity contribution in [1.82, 2.24) is 0 Å². The molecule has 0 amide bonds. The van der Waals surface area contributed by atoms with Gasteiger partial charge in [0, 0.05) is 5.56 Å². The standard InChI is InChI=1S/C13H12F3NO5/c1-7(18)8-2-4-9(5-3-8)22-11(19)10(17)6-21-12(20)13(14,15)16/h2-5,10H,6,17H2,1H3/t10-/m1/s1. The molecule has 120 valence electrons. The summed E-state index contributed by atoms with van der Waals surface area (Å²) in [5, 5.41) is 0. The van der Waals surface area contributed by atoms with E-state index in [0.717, 1.165) is 0 Å². The minimum atomic E-state index is -5.16. The minimum absolute atomic E-state index is 0.0487. The fraction of sp³-hybridized carbons (Fsp3) is 0.308. The van der Waals surface area contributed by atoms with E-state index in [-0.39, 0.29) is 11.5 Å². The van der Waals surface area contributed by atoms with Gasteiger partial charge in [0.05, 0.1) is 0 Å². The van der Waals surface area contributed by atoms with Crippen LogP contribution in [0.4, 0.5) is 13.2 Å². The molecule has 0 unspecified atom stereocenters. The van der Waals surface area contributed by atoms with Crippen LogP contribution < -0.4 is 10.5 Å². The first-order chi connectivity index (χ1) is 10.1. The Hall–Kier alpha value is -2.42. The van der Waals surface area contributed by atoms with Crippen molar-refractivity contribution in [2.45, 2.75) is 19.1 Å². The maximum Gasteiger partial charge on any atom is 0.490 e. The molecule has 2 N–H and O–H groups in total. The Morgan fingerprint density at radius 1 is 1.18 bits per heavy atom. The number of Topliss-reactive ketones (excluding diaryl/α,β-unsaturated/α-hetero) is 1. The Morgan fingerprint density at radius 2 is 1.73 bits per heavy atom. The number of esters is 2. The van der Waals surface area contributed by atoms with E-state index in [4.69, 9.17) is 10.5 Å². The molecule has 1 rings (SSSR count). The highest BCUT2D eigenvalue weighted by atomic mass is 19.4. The molecule has 0 bridgehead atoms. The van der Waals surface area contributed by atoms with E-state index in [0.29, 0.717) is 5.56 Å². The SMILES string of the molecule is CC(=O)c1ccc(OC(=O)[C@H](N)COC(=O)C(F)(F)F)cc1. The van der Waals surface area contributed by atoms with E-state index in [9.17, 15) is 27.6 Å². The van der Waals surface area contributed by atoms with Crippen molar-refractivity contribution in [1.29, 1.82) is 0 Å². The van der Waals surface area contributed by atoms with Crippen LogP contribution in [0.25, 0.3) is 0 Å². The summed E-state index contributed by atoms with van der Waals surface area (Å²) in [6, 6.07) is 3.88. The van der Waals surface area contributed by atoms with Crippen molar-refractivity contribution >= 4 is 17.7 Å². The van der Waals surface area contributed by atoms with Gasteiger partial charge in [0.1, 0.15) is 18.4 Å². The lowest BCUT2D eigenvalue weighted by Crippen LogP contribution is -2.40. The summed E-state index contributed by atoms with van der Waals surface area (Å²) in [6.07, 6.45) is -5.16. The van der Waals surface area contributed by atoms with Crippen LogP contribution in [0.3, 0.4) is 0 Å². The lowest BCUT2D eigenvalue weighted by molar-refractivity contribution is -0.200. The van der Waals surface area contributed by atoms with Gasteiger partial charge in [-0.1, -0.05) is 0 Å². The number of ketones is 1. The van der Waals surface area contributed by atoms with Crippen LogP contribution in [0.15, 0.2) is 24.3 Å². The normalized spacial score (nSPS) is 12.4. The zero-order valence-corrected chi connectivity index (χ0v) is 11.3. The molecular formula is C13H12F3NO5. The maximum absolute atomic E-state index is 11.9. The molecular weight excluding hydrogens is 307 g/mol. The number of alkyl halides is 3. The molecule has 22 heavy (non-hydrogen) atoms. The quantitative estimate of drug-likeness (QED) is 0.498. The monoisotopic (exact) mass is 319 g/mol. The van der Waals surface area contributed by atoms with Crippen LogP contribution in [-0.4, -0.2) is 36.5 Å². The predicted molar refractivity (Wildman–Crippen MR) is 67.1 cm³/mol. The van der Waals surface area contributed by atoms with E-state index in [1.165, 1.54) is 31.2 Å². The van der Waals surface area contributed by atoms with Crippen molar-refractivity contribution in [2.24, 2.45) is 5.73 Å². The lowest BCUT2D eigenvalue weighted by Gasteiger charge is -2.12. The molecule has 0 saturated heterocycles. The zero-order valence-electron chi connectivity index (χ0n) is 11.3. The number of rotatable bonds is 5. The Balaban J connectivity index is 2.54. The summed E-state index contributed by atoms with van der Waals surface area (Å²) in [5.74, 6) is -3.66. The molecule has 1 aromatic carbocycles. The first-order valence-corrected chi connectivity index (χ1v) is 5.93. The van der Waals surface area contributed by atoms with Crippen LogP contribution in [0.5, 0.6) is 5.75 Å². The Labute approximate surface area is 123 Å². The van der Waals surface area contributed by atoms with Gasteiger partial charge in [-0.25, -0.2) is 9.59 Å². The lowest BCUT2D eigenvalue weighted by atomic mass is 10.1. The third-order valence-electron chi connectivity index (χ3n) is 2.41. The summed E-state index contributed by atoms with van der Waals surface area (Å²) < 4.78 is 44.3. The summed E-state index contributed by atoms with van der Waals surface area (Å²) in [7, 11) is 0. The molecule has 0 aromatic heterocycles. The summed E-state index contributed by atoms with van der Waals surface area (Å²) in [4.78, 5) is 33.0. The van der Waals surface area contributed by atoms with Crippen molar-refractivity contribution < 1.29 is 37.0 Å². The molecule has 6 nitrogen and oxygen atoms in total. The summed E-state index contributed by atoms with van der Waals surface area (Å²) in [6.45, 7) is 0.384. The molecule has 0 fully saturated rings. The number of ether oxygens (including phenoxy) is 2. The van der Waals surface area contributed by atoms with E-state index < -0.39 is 30.8 Å². The van der Waals surface area contributed by atoms with E-state index in [1.54, 1.807) is 0 Å². The minimum Gasteiger partial charge on any atom is -0.457 e. The number of carbonyl (C=O) groups is 3. The molecule has 0 aliphatic carbocycles. The van der Waals surface area contributed by atoms with Gasteiger partial charge < -0.3 is 15.2 Å². The van der Waals surface area contributed by atoms with Gasteiger partial charge in [-0.2, -0.15) is 13.2 Å². The van der Waals surface area contributed by atoms with Crippen molar-refractivity contribution in [3.05, 3.63) is 29.8 Å². The van der Waals surface area contributed by atoms with E-state index in [2.05, 4.69) is 4.74 Å². The van der Waals surface area contributed by atoms with Crippen molar-refractivity contribution in [3.63, 3.8) is 0 Å². The first-order valence-electron chi connectivity index (χ1n) is 5.93. The average molecular weight is 319 g/mol. The van der Waals surface area contributed by atoms with Crippen LogP contribution in [0.2, 0.25) is 0 Å². The number of halogens is 3. The van der Waals surface area contributed by atoms with E-state index in [1.807, 2.05) is 0 Å². The highest BCUT2D eigenvalue weighted by molar-refractivity contribution is 5.94. The fourth-order valence-corrected chi connectivity index (χ4v) is 1.26. The van der Waals surface area contributed by atoms with Gasteiger partial charge >= 0.3 is 18.1 Å². The average Bonchev–Trinajstić information content (AvgIpc) is 2.43. The Kier molecular flexibility index (Phi) is 5.63. The third kappa shape index (κ3) is 5.17. The Bertz CT molecular complexity index is 568. The molecule has 0 aliphatic heterocycles. The van der Waals surface area contributed by atoms with Crippen LogP contribution in [0.1, 0.15) is 17.3 Å². The van der Waals surface area contributed by atoms with Gasteiger partial charge in [-0.05, 0) is 31.2 Å². The molecule has 0 radical (unpaired) electrons. The number of hydrogen-bond acceptors (Lipinski definition) is 6. The molecule has 0 spiro atoms. The largest absolute Gasteiger partial charge is 0.490 e. The van der Waals surface area contributed by atoms with Crippen molar-refractivity contribution in [3.8, 4) is 5.75 Å². The Morgan fingerprint density at radius 3 is 2.18 bits per heavy atom. The first kappa shape index (κ1) is 17.6. The van der Waals surface area contributed by atoms with Gasteiger partial charge in [0.15, 0.2) is 5.78 Å². The van der Waals surface area contributed by atoms with Gasteiger partial charge in [0.25, 0.3) is 0 Å². The van der Waals surface area contributed by atoms with Crippen LogP contribution in [0, 0.1) is 0 Å². The maximum atomic E-state index is 11.9. The number of nitrogens with two attached hydrogens (primary N) is 1. The van der Waals surface area contributed by atoms with E-state index >= 15 is 0 Å². The third-order valence-corrected chi connectivity index (χ3v) is 2.41. The highest BCUT2D eigenvalue weighted by Crippen LogP contribution is 2.17. The number of carbonyl (C=O) groups excluding carboxylic acids is 3. The second-order valence-electron chi connectivity index (χ2n) is 4.20. The van der Waals surface area contributed by atoms with Gasteiger partial charge in [-0.3, -0.25) is 4.79 Å². The molecule has 1 atom stereocenters.